The van der Waals surface area contributed by atoms with E-state index >= 15 is 0 Å². The lowest BCUT2D eigenvalue weighted by Crippen LogP contribution is -2.63. The second-order valence-electron chi connectivity index (χ2n) is 10.2. The first-order valence-electron chi connectivity index (χ1n) is 11.5. The number of nitrogens with zero attached hydrogens (tertiary/aromatic N) is 2. The number of hydrogen-bond acceptors (Lipinski definition) is 4. The molecule has 166 valence electrons. The summed E-state index contributed by atoms with van der Waals surface area (Å²) in [6.07, 6.45) is 8.02. The van der Waals surface area contributed by atoms with E-state index in [0.29, 0.717) is 12.3 Å². The highest BCUT2D eigenvalue weighted by atomic mass is 16.3. The van der Waals surface area contributed by atoms with Crippen LogP contribution in [-0.2, 0) is 5.60 Å². The summed E-state index contributed by atoms with van der Waals surface area (Å²) in [5.41, 5.74) is 2.51. The largest absolute Gasteiger partial charge is 0.385 e. The van der Waals surface area contributed by atoms with Crippen LogP contribution in [0.5, 0.6) is 0 Å². The van der Waals surface area contributed by atoms with Gasteiger partial charge in [-0.3, -0.25) is 4.98 Å². The number of benzene rings is 1. The Bertz CT molecular complexity index is 975. The maximum Gasteiger partial charge on any atom is 0.124 e. The Morgan fingerprint density at radius 3 is 2.39 bits per heavy atom. The van der Waals surface area contributed by atoms with Gasteiger partial charge in [0.2, 0.25) is 0 Å². The van der Waals surface area contributed by atoms with Gasteiger partial charge in [-0.05, 0) is 60.6 Å². The second-order valence-corrected chi connectivity index (χ2v) is 10.2. The minimum absolute atomic E-state index is 0.327. The summed E-state index contributed by atoms with van der Waals surface area (Å²) in [6, 6.07) is 10.4. The fraction of sp³-hybridized carbons (Fsp3) is 0.519. The van der Waals surface area contributed by atoms with E-state index in [2.05, 4.69) is 68.0 Å². The van der Waals surface area contributed by atoms with Crippen molar-refractivity contribution in [2.75, 3.05) is 20.1 Å². The summed E-state index contributed by atoms with van der Waals surface area (Å²) in [5, 5.41) is 23.5. The molecule has 1 aromatic heterocycles. The maximum atomic E-state index is 12.4. The lowest BCUT2D eigenvalue weighted by Gasteiger charge is -2.56. The minimum Gasteiger partial charge on any atom is -0.385 e. The molecule has 1 aliphatic heterocycles. The highest BCUT2D eigenvalue weighted by Gasteiger charge is 2.55. The van der Waals surface area contributed by atoms with E-state index in [9.17, 15) is 10.2 Å². The van der Waals surface area contributed by atoms with Crippen molar-refractivity contribution in [3.63, 3.8) is 0 Å². The van der Waals surface area contributed by atoms with Gasteiger partial charge in [-0.15, -0.1) is 0 Å². The van der Waals surface area contributed by atoms with Crippen molar-refractivity contribution in [3.8, 4) is 0 Å². The molecule has 0 radical (unpaired) electrons. The molecule has 2 heterocycles. The first-order chi connectivity index (χ1) is 14.6. The van der Waals surface area contributed by atoms with Gasteiger partial charge in [-0.2, -0.15) is 0 Å². The summed E-state index contributed by atoms with van der Waals surface area (Å²) in [5.74, 6) is 0.443. The van der Waals surface area contributed by atoms with Gasteiger partial charge in [0.05, 0.1) is 5.60 Å². The third-order valence-electron chi connectivity index (χ3n) is 7.57. The van der Waals surface area contributed by atoms with E-state index in [0.717, 1.165) is 48.2 Å². The van der Waals surface area contributed by atoms with Crippen LogP contribution in [0.3, 0.4) is 0 Å². The molecule has 1 fully saturated rings. The van der Waals surface area contributed by atoms with Crippen LogP contribution in [-0.4, -0.2) is 45.8 Å². The van der Waals surface area contributed by atoms with Crippen LogP contribution in [0, 0.1) is 5.41 Å². The van der Waals surface area contributed by atoms with Crippen LogP contribution in [0.25, 0.3) is 5.57 Å². The van der Waals surface area contributed by atoms with E-state index in [4.69, 9.17) is 0 Å². The molecule has 1 saturated heterocycles. The van der Waals surface area contributed by atoms with E-state index in [-0.39, 0.29) is 5.41 Å². The lowest BCUT2D eigenvalue weighted by molar-refractivity contribution is -0.127. The zero-order chi connectivity index (χ0) is 22.4. The fourth-order valence-corrected chi connectivity index (χ4v) is 5.67. The summed E-state index contributed by atoms with van der Waals surface area (Å²) >= 11 is 0. The molecule has 4 rings (SSSR count). The van der Waals surface area contributed by atoms with Crippen LogP contribution < -0.4 is 0 Å². The first-order valence-corrected chi connectivity index (χ1v) is 11.5. The molecule has 2 aliphatic rings. The van der Waals surface area contributed by atoms with E-state index < -0.39 is 11.2 Å². The quantitative estimate of drug-likeness (QED) is 0.711. The van der Waals surface area contributed by atoms with Gasteiger partial charge < -0.3 is 15.1 Å². The average molecular weight is 421 g/mol. The maximum absolute atomic E-state index is 12.4. The van der Waals surface area contributed by atoms with Crippen molar-refractivity contribution in [1.29, 1.82) is 0 Å². The molecule has 0 bridgehead atoms. The van der Waals surface area contributed by atoms with Crippen LogP contribution in [0.4, 0.5) is 0 Å². The van der Waals surface area contributed by atoms with E-state index in [1.165, 1.54) is 5.56 Å². The number of pyridine rings is 1. The third kappa shape index (κ3) is 3.55. The Kier molecular flexibility index (Phi) is 5.61. The van der Waals surface area contributed by atoms with E-state index in [1.54, 1.807) is 6.20 Å². The Morgan fingerprint density at radius 1 is 1.13 bits per heavy atom. The van der Waals surface area contributed by atoms with Crippen molar-refractivity contribution in [2.24, 2.45) is 5.41 Å². The van der Waals surface area contributed by atoms with Crippen molar-refractivity contribution in [1.82, 2.24) is 9.88 Å². The zero-order valence-corrected chi connectivity index (χ0v) is 19.5. The molecule has 1 aliphatic carbocycles. The summed E-state index contributed by atoms with van der Waals surface area (Å²) in [7, 11) is 2.09. The van der Waals surface area contributed by atoms with Crippen LogP contribution >= 0.6 is 0 Å². The highest BCUT2D eigenvalue weighted by Crippen LogP contribution is 2.51. The van der Waals surface area contributed by atoms with Crippen LogP contribution in [0.15, 0.2) is 48.8 Å². The molecule has 0 amide bonds. The highest BCUT2D eigenvalue weighted by molar-refractivity contribution is 5.74. The van der Waals surface area contributed by atoms with Gasteiger partial charge >= 0.3 is 0 Å². The summed E-state index contributed by atoms with van der Waals surface area (Å²) < 4.78 is 0. The number of aliphatic hydroxyl groups is 2. The molecule has 2 atom stereocenters. The Hall–Kier alpha value is -2.01. The SMILES string of the molecule is CCC1(O)CCC=C1c1cncc([C@@](O)(c2ccc(C(C)C)cc2)C2(C)CN(C)C2)c1. The monoisotopic (exact) mass is 420 g/mol. The molecule has 1 aromatic carbocycles. The second kappa shape index (κ2) is 7.84. The van der Waals surface area contributed by atoms with Gasteiger partial charge in [0, 0.05) is 36.5 Å². The molecule has 2 N–H and O–H groups in total. The van der Waals surface area contributed by atoms with Gasteiger partial charge in [0.15, 0.2) is 0 Å². The predicted molar refractivity (Wildman–Crippen MR) is 126 cm³/mol. The van der Waals surface area contributed by atoms with Crippen molar-refractivity contribution in [3.05, 3.63) is 71.1 Å². The van der Waals surface area contributed by atoms with Gasteiger partial charge in [0.1, 0.15) is 5.60 Å². The minimum atomic E-state index is -1.17. The smallest absolute Gasteiger partial charge is 0.124 e. The summed E-state index contributed by atoms with van der Waals surface area (Å²) in [6.45, 7) is 10.2. The van der Waals surface area contributed by atoms with Crippen molar-refractivity contribution < 1.29 is 10.2 Å². The topological polar surface area (TPSA) is 56.6 Å². The molecular formula is C27H36N2O2. The molecule has 0 saturated carbocycles. The van der Waals surface area contributed by atoms with Crippen LogP contribution in [0.1, 0.15) is 75.1 Å². The zero-order valence-electron chi connectivity index (χ0n) is 19.5. The Labute approximate surface area is 186 Å². The molecule has 4 heteroatoms. The Balaban J connectivity index is 1.82. The van der Waals surface area contributed by atoms with Gasteiger partial charge in [0.25, 0.3) is 0 Å². The van der Waals surface area contributed by atoms with Crippen molar-refractivity contribution >= 4 is 5.57 Å². The molecule has 31 heavy (non-hydrogen) atoms. The number of aromatic nitrogens is 1. The molecule has 1 unspecified atom stereocenters. The average Bonchev–Trinajstić information content (AvgIpc) is 3.14. The predicted octanol–water partition coefficient (Wildman–Crippen LogP) is 4.71. The van der Waals surface area contributed by atoms with Crippen LogP contribution in [0.2, 0.25) is 0 Å². The third-order valence-corrected chi connectivity index (χ3v) is 7.57. The normalized spacial score (nSPS) is 25.2. The molecule has 4 nitrogen and oxygen atoms in total. The van der Waals surface area contributed by atoms with Crippen molar-refractivity contribution in [2.45, 2.75) is 64.1 Å². The lowest BCUT2D eigenvalue weighted by atomic mass is 9.62. The van der Waals surface area contributed by atoms with Gasteiger partial charge in [-0.25, -0.2) is 0 Å². The number of hydrogen-bond donors (Lipinski definition) is 2. The molecular weight excluding hydrogens is 384 g/mol. The van der Waals surface area contributed by atoms with Gasteiger partial charge in [-0.1, -0.05) is 58.0 Å². The van der Waals surface area contributed by atoms with E-state index in [1.807, 2.05) is 19.2 Å². The fourth-order valence-electron chi connectivity index (χ4n) is 5.67. The number of rotatable bonds is 6. The molecule has 0 spiro atoms. The standard InChI is InChI=1S/C27H36N2O2/c1-6-26(30)13-7-8-24(26)21-14-23(16-28-15-21)27(31,25(4)17-29(5)18-25)22-11-9-20(10-12-22)19(2)3/h8-12,14-16,19,30-31H,6-7,13,17-18H2,1-5H3/t26?,27-/m0/s1. The molecule has 2 aromatic rings. The number of likely N-dealkylation sites (tertiary alicyclic amines) is 1. The summed E-state index contributed by atoms with van der Waals surface area (Å²) in [4.78, 5) is 6.77. The first kappa shape index (κ1) is 22.2. The number of allylic oxidation sites excluding steroid dienone is 1. The Morgan fingerprint density at radius 2 is 1.81 bits per heavy atom.